The quantitative estimate of drug-likeness (QED) is 0.928. The van der Waals surface area contributed by atoms with Gasteiger partial charge in [0.25, 0.3) is 5.91 Å². The number of carbonyl (C=O) groups excluding carboxylic acids is 1. The van der Waals surface area contributed by atoms with Gasteiger partial charge in [-0.15, -0.1) is 10.2 Å². The Morgan fingerprint density at radius 3 is 2.40 bits per heavy atom. The second kappa shape index (κ2) is 6.04. The van der Waals surface area contributed by atoms with Crippen molar-refractivity contribution in [3.63, 3.8) is 0 Å². The van der Waals surface area contributed by atoms with Crippen LogP contribution in [0.1, 0.15) is 32.7 Å². The summed E-state index contributed by atoms with van der Waals surface area (Å²) in [4.78, 5) is 11.6. The van der Waals surface area contributed by atoms with Crippen LogP contribution < -0.4 is 5.32 Å². The van der Waals surface area contributed by atoms with Crippen LogP contribution in [0.5, 0.6) is 0 Å². The van der Waals surface area contributed by atoms with E-state index >= 15 is 0 Å². The Labute approximate surface area is 118 Å². The van der Waals surface area contributed by atoms with Crippen molar-refractivity contribution in [2.45, 2.75) is 45.4 Å². The van der Waals surface area contributed by atoms with Gasteiger partial charge in [0.15, 0.2) is 0 Å². The van der Waals surface area contributed by atoms with E-state index in [1.165, 1.54) is 18.3 Å². The van der Waals surface area contributed by atoms with Gasteiger partial charge in [0.2, 0.25) is 5.13 Å². The average Bonchev–Trinajstić information content (AvgIpc) is 2.72. The number of ether oxygens (including phenoxy) is 1. The summed E-state index contributed by atoms with van der Waals surface area (Å²) in [6.07, 6.45) is -5.69. The lowest BCUT2D eigenvalue weighted by Gasteiger charge is -2.14. The zero-order chi connectivity index (χ0) is 15.6. The molecule has 114 valence electrons. The number of anilines is 1. The van der Waals surface area contributed by atoms with E-state index in [1.54, 1.807) is 0 Å². The van der Waals surface area contributed by atoms with Crippen molar-refractivity contribution in [2.24, 2.45) is 0 Å². The Balaban J connectivity index is 2.56. The van der Waals surface area contributed by atoms with Crippen LogP contribution >= 0.6 is 11.3 Å². The molecule has 0 saturated heterocycles. The van der Waals surface area contributed by atoms with Crippen LogP contribution in [0, 0.1) is 0 Å². The topological polar surface area (TPSA) is 64.1 Å². The summed E-state index contributed by atoms with van der Waals surface area (Å²) in [6, 6.07) is 0. The van der Waals surface area contributed by atoms with Gasteiger partial charge in [0, 0.05) is 5.41 Å². The van der Waals surface area contributed by atoms with Crippen LogP contribution in [0.4, 0.5) is 18.3 Å². The molecule has 1 atom stereocenters. The second-order valence-electron chi connectivity index (χ2n) is 5.22. The monoisotopic (exact) mass is 311 g/mol. The number of hydrogen-bond acceptors (Lipinski definition) is 5. The average molecular weight is 311 g/mol. The van der Waals surface area contributed by atoms with Crippen molar-refractivity contribution in [1.29, 1.82) is 0 Å². The van der Waals surface area contributed by atoms with Crippen LogP contribution in [-0.2, 0) is 14.9 Å². The van der Waals surface area contributed by atoms with Gasteiger partial charge in [0.1, 0.15) is 17.7 Å². The third-order valence-electron chi connectivity index (χ3n) is 2.16. The van der Waals surface area contributed by atoms with E-state index in [2.05, 4.69) is 20.3 Å². The minimum Gasteiger partial charge on any atom is -0.359 e. The predicted octanol–water partition coefficient (Wildman–Crippen LogP) is 2.74. The van der Waals surface area contributed by atoms with Crippen molar-refractivity contribution in [3.8, 4) is 0 Å². The first-order valence-electron chi connectivity index (χ1n) is 5.82. The van der Waals surface area contributed by atoms with E-state index in [9.17, 15) is 18.0 Å². The number of rotatable bonds is 4. The lowest BCUT2D eigenvalue weighted by Crippen LogP contribution is -2.31. The number of nitrogens with one attached hydrogen (secondary N) is 1. The van der Waals surface area contributed by atoms with Crippen LogP contribution in [0.15, 0.2) is 0 Å². The number of halogens is 3. The Morgan fingerprint density at radius 1 is 1.35 bits per heavy atom. The number of nitrogens with zero attached hydrogens (tertiary/aromatic N) is 2. The molecule has 0 aromatic carbocycles. The molecule has 1 rings (SSSR count). The molecule has 0 aliphatic heterocycles. The van der Waals surface area contributed by atoms with Gasteiger partial charge in [-0.2, -0.15) is 13.2 Å². The molecule has 0 radical (unpaired) electrons. The maximum atomic E-state index is 12.0. The van der Waals surface area contributed by atoms with Crippen LogP contribution in [0.3, 0.4) is 0 Å². The lowest BCUT2D eigenvalue weighted by atomic mass is 9.98. The molecule has 1 aromatic rings. The third kappa shape index (κ3) is 5.41. The summed E-state index contributed by atoms with van der Waals surface area (Å²) in [5.41, 5.74) is -0.209. The molecule has 0 spiro atoms. The summed E-state index contributed by atoms with van der Waals surface area (Å²) < 4.78 is 40.3. The maximum Gasteiger partial charge on any atom is 0.411 e. The van der Waals surface area contributed by atoms with E-state index in [0.29, 0.717) is 0 Å². The fourth-order valence-corrected chi connectivity index (χ4v) is 1.88. The van der Waals surface area contributed by atoms with Crippen molar-refractivity contribution >= 4 is 22.4 Å². The summed E-state index contributed by atoms with van der Waals surface area (Å²) in [5.74, 6) is -0.689. The molecule has 0 bridgehead atoms. The lowest BCUT2D eigenvalue weighted by molar-refractivity contribution is -0.184. The molecule has 9 heteroatoms. The minimum atomic E-state index is -4.46. The first kappa shape index (κ1) is 16.8. The maximum absolute atomic E-state index is 12.0. The molecule has 0 aliphatic rings. The first-order chi connectivity index (χ1) is 8.99. The van der Waals surface area contributed by atoms with Gasteiger partial charge in [-0.1, -0.05) is 32.1 Å². The molecular formula is C11H16F3N3O2S. The normalized spacial score (nSPS) is 14.2. The summed E-state index contributed by atoms with van der Waals surface area (Å²) in [7, 11) is 0. The van der Waals surface area contributed by atoms with Crippen molar-refractivity contribution < 1.29 is 22.7 Å². The molecule has 1 unspecified atom stereocenters. The van der Waals surface area contributed by atoms with E-state index < -0.39 is 24.8 Å². The van der Waals surface area contributed by atoms with Gasteiger partial charge in [-0.3, -0.25) is 10.1 Å². The molecule has 20 heavy (non-hydrogen) atoms. The zero-order valence-corrected chi connectivity index (χ0v) is 12.4. The van der Waals surface area contributed by atoms with E-state index in [0.717, 1.165) is 5.01 Å². The summed E-state index contributed by atoms with van der Waals surface area (Å²) >= 11 is 1.18. The largest absolute Gasteiger partial charge is 0.411 e. The number of carbonyl (C=O) groups is 1. The molecule has 1 heterocycles. The number of amides is 1. The van der Waals surface area contributed by atoms with Crippen molar-refractivity contribution in [3.05, 3.63) is 5.01 Å². The molecule has 0 saturated carbocycles. The van der Waals surface area contributed by atoms with Gasteiger partial charge < -0.3 is 4.74 Å². The van der Waals surface area contributed by atoms with E-state index in [1.807, 2.05) is 20.8 Å². The van der Waals surface area contributed by atoms with E-state index in [-0.39, 0.29) is 10.5 Å². The highest BCUT2D eigenvalue weighted by atomic mass is 32.1. The number of aromatic nitrogens is 2. The zero-order valence-electron chi connectivity index (χ0n) is 11.5. The standard InChI is InChI=1S/C11H16F3N3O2S/c1-6(19-5-11(12,13)14)7(18)15-9-17-16-8(20-9)10(2,3)4/h6H,5H2,1-4H3,(H,15,17,18). The Hall–Kier alpha value is -1.22. The molecular weight excluding hydrogens is 295 g/mol. The fraction of sp³-hybridized carbons (Fsp3) is 0.727. The highest BCUT2D eigenvalue weighted by Crippen LogP contribution is 2.27. The van der Waals surface area contributed by atoms with Gasteiger partial charge in [-0.25, -0.2) is 0 Å². The fourth-order valence-electron chi connectivity index (χ4n) is 1.08. The molecule has 1 aromatic heterocycles. The molecule has 1 N–H and O–H groups in total. The SMILES string of the molecule is CC(OCC(F)(F)F)C(=O)Nc1nnc(C(C)(C)C)s1. The minimum absolute atomic E-state index is 0.209. The van der Waals surface area contributed by atoms with Gasteiger partial charge in [0.05, 0.1) is 0 Å². The first-order valence-corrected chi connectivity index (χ1v) is 6.64. The Bertz CT molecular complexity index is 468. The van der Waals surface area contributed by atoms with Gasteiger partial charge in [-0.05, 0) is 6.92 Å². The van der Waals surface area contributed by atoms with Crippen molar-refractivity contribution in [1.82, 2.24) is 10.2 Å². The molecule has 0 fully saturated rings. The predicted molar refractivity (Wildman–Crippen MR) is 68.7 cm³/mol. The smallest absolute Gasteiger partial charge is 0.359 e. The van der Waals surface area contributed by atoms with E-state index in [4.69, 9.17) is 0 Å². The number of hydrogen-bond donors (Lipinski definition) is 1. The highest BCUT2D eigenvalue weighted by molar-refractivity contribution is 7.15. The molecule has 1 amide bonds. The second-order valence-corrected chi connectivity index (χ2v) is 6.20. The summed E-state index contributed by atoms with van der Waals surface area (Å²) in [5, 5.41) is 11.0. The molecule has 0 aliphatic carbocycles. The highest BCUT2D eigenvalue weighted by Gasteiger charge is 2.30. The number of alkyl halides is 3. The molecule has 5 nitrogen and oxygen atoms in total. The van der Waals surface area contributed by atoms with Crippen LogP contribution in [0.2, 0.25) is 0 Å². The van der Waals surface area contributed by atoms with Crippen LogP contribution in [-0.4, -0.2) is 35.0 Å². The summed E-state index contributed by atoms with van der Waals surface area (Å²) in [6.45, 7) is 5.59. The van der Waals surface area contributed by atoms with Crippen molar-refractivity contribution in [2.75, 3.05) is 11.9 Å². The third-order valence-corrected chi connectivity index (χ3v) is 3.43. The Morgan fingerprint density at radius 2 is 1.95 bits per heavy atom. The Kier molecular flexibility index (Phi) is 5.09. The van der Waals surface area contributed by atoms with Crippen LogP contribution in [0.25, 0.3) is 0 Å². The van der Waals surface area contributed by atoms with Gasteiger partial charge >= 0.3 is 6.18 Å².